The molecule has 0 unspecified atom stereocenters. The summed E-state index contributed by atoms with van der Waals surface area (Å²) in [6.07, 6.45) is 1.92. The molecule has 0 bridgehead atoms. The smallest absolute Gasteiger partial charge is 0.311 e. The molecule has 0 aliphatic rings. The van der Waals surface area contributed by atoms with Crippen LogP contribution in [0.3, 0.4) is 0 Å². The average molecular weight is 230 g/mol. The van der Waals surface area contributed by atoms with Gasteiger partial charge < -0.3 is 4.74 Å². The number of ether oxygens (including phenoxy) is 1. The first-order valence-electron chi connectivity index (χ1n) is 5.55. The standard InChI is InChI=1S/C13H14N2O2/c1-2-17-13(16)10-12-8-9-14-15(12)11-6-4-3-5-7-11/h3-9H,2,10H2,1H3. The summed E-state index contributed by atoms with van der Waals surface area (Å²) in [7, 11) is 0. The topological polar surface area (TPSA) is 44.1 Å². The van der Waals surface area contributed by atoms with Crippen molar-refractivity contribution >= 4 is 5.97 Å². The van der Waals surface area contributed by atoms with E-state index in [1.54, 1.807) is 17.8 Å². The van der Waals surface area contributed by atoms with Gasteiger partial charge in [-0.25, -0.2) is 4.68 Å². The molecule has 0 saturated heterocycles. The monoisotopic (exact) mass is 230 g/mol. The number of para-hydroxylation sites is 1. The normalized spacial score (nSPS) is 10.2. The highest BCUT2D eigenvalue weighted by Gasteiger charge is 2.10. The highest BCUT2D eigenvalue weighted by Crippen LogP contribution is 2.10. The number of carbonyl (C=O) groups excluding carboxylic acids is 1. The molecule has 0 aliphatic heterocycles. The number of esters is 1. The first-order chi connectivity index (χ1) is 8.31. The van der Waals surface area contributed by atoms with Crippen LogP contribution in [0.5, 0.6) is 0 Å². The molecule has 2 aromatic rings. The Hall–Kier alpha value is -2.10. The number of carbonyl (C=O) groups is 1. The zero-order valence-electron chi connectivity index (χ0n) is 9.67. The number of aromatic nitrogens is 2. The van der Waals surface area contributed by atoms with Crippen LogP contribution < -0.4 is 0 Å². The van der Waals surface area contributed by atoms with E-state index in [0.29, 0.717) is 6.61 Å². The lowest BCUT2D eigenvalue weighted by Crippen LogP contribution is -2.11. The molecule has 2 rings (SSSR count). The molecule has 1 heterocycles. The lowest BCUT2D eigenvalue weighted by atomic mass is 10.3. The fraction of sp³-hybridized carbons (Fsp3) is 0.231. The Labute approximate surface area is 99.8 Å². The van der Waals surface area contributed by atoms with Crippen LogP contribution in [0, 0.1) is 0 Å². The Balaban J connectivity index is 2.20. The summed E-state index contributed by atoms with van der Waals surface area (Å²) in [6.45, 7) is 2.20. The largest absolute Gasteiger partial charge is 0.466 e. The SMILES string of the molecule is CCOC(=O)Cc1ccnn1-c1ccccc1. The van der Waals surface area contributed by atoms with Crippen molar-refractivity contribution in [3.05, 3.63) is 48.3 Å². The van der Waals surface area contributed by atoms with Gasteiger partial charge in [-0.1, -0.05) is 18.2 Å². The number of hydrogen-bond donors (Lipinski definition) is 0. The molecule has 4 nitrogen and oxygen atoms in total. The van der Waals surface area contributed by atoms with Crippen LogP contribution in [-0.2, 0) is 16.0 Å². The lowest BCUT2D eigenvalue weighted by Gasteiger charge is -2.06. The van der Waals surface area contributed by atoms with Crippen LogP contribution >= 0.6 is 0 Å². The number of rotatable bonds is 4. The molecule has 0 saturated carbocycles. The summed E-state index contributed by atoms with van der Waals surface area (Å²) in [4.78, 5) is 11.4. The maximum absolute atomic E-state index is 11.4. The second kappa shape index (κ2) is 5.30. The maximum Gasteiger partial charge on any atom is 0.311 e. The van der Waals surface area contributed by atoms with Crippen molar-refractivity contribution in [2.24, 2.45) is 0 Å². The summed E-state index contributed by atoms with van der Waals surface area (Å²) in [5, 5.41) is 4.21. The number of benzene rings is 1. The molecule has 0 fully saturated rings. The molecule has 17 heavy (non-hydrogen) atoms. The van der Waals surface area contributed by atoms with Gasteiger partial charge in [-0.05, 0) is 25.1 Å². The number of nitrogens with zero attached hydrogens (tertiary/aromatic N) is 2. The van der Waals surface area contributed by atoms with Crippen molar-refractivity contribution < 1.29 is 9.53 Å². The molecule has 0 N–H and O–H groups in total. The zero-order chi connectivity index (χ0) is 12.1. The second-order valence-corrected chi connectivity index (χ2v) is 3.55. The summed E-state index contributed by atoms with van der Waals surface area (Å²) in [6, 6.07) is 11.5. The minimum absolute atomic E-state index is 0.231. The van der Waals surface area contributed by atoms with Gasteiger partial charge in [0.1, 0.15) is 0 Å². The summed E-state index contributed by atoms with van der Waals surface area (Å²) < 4.78 is 6.67. The maximum atomic E-state index is 11.4. The van der Waals surface area contributed by atoms with E-state index in [1.807, 2.05) is 36.4 Å². The van der Waals surface area contributed by atoms with Gasteiger partial charge in [0.05, 0.1) is 24.4 Å². The predicted molar refractivity (Wildman–Crippen MR) is 63.9 cm³/mol. The highest BCUT2D eigenvalue weighted by atomic mass is 16.5. The molecule has 1 aromatic heterocycles. The Morgan fingerprint density at radius 1 is 1.29 bits per heavy atom. The predicted octanol–water partition coefficient (Wildman–Crippen LogP) is 1.98. The van der Waals surface area contributed by atoms with Crippen molar-refractivity contribution in [1.82, 2.24) is 9.78 Å². The third-order valence-electron chi connectivity index (χ3n) is 2.35. The average Bonchev–Trinajstić information content (AvgIpc) is 2.78. The molecular formula is C13H14N2O2. The van der Waals surface area contributed by atoms with Gasteiger partial charge in [-0.2, -0.15) is 5.10 Å². The fourth-order valence-corrected chi connectivity index (χ4v) is 1.63. The molecule has 1 aromatic carbocycles. The fourth-order valence-electron chi connectivity index (χ4n) is 1.63. The van der Waals surface area contributed by atoms with Gasteiger partial charge in [0.25, 0.3) is 0 Å². The van der Waals surface area contributed by atoms with Gasteiger partial charge in [0, 0.05) is 6.20 Å². The van der Waals surface area contributed by atoms with E-state index in [1.165, 1.54) is 0 Å². The van der Waals surface area contributed by atoms with E-state index in [9.17, 15) is 4.79 Å². The van der Waals surface area contributed by atoms with Gasteiger partial charge in [0.2, 0.25) is 0 Å². The Morgan fingerprint density at radius 2 is 2.06 bits per heavy atom. The van der Waals surface area contributed by atoms with E-state index in [4.69, 9.17) is 4.74 Å². The van der Waals surface area contributed by atoms with Crippen LogP contribution in [0.25, 0.3) is 5.69 Å². The first-order valence-corrected chi connectivity index (χ1v) is 5.55. The zero-order valence-corrected chi connectivity index (χ0v) is 9.67. The van der Waals surface area contributed by atoms with Crippen molar-refractivity contribution in [1.29, 1.82) is 0 Å². The summed E-state index contributed by atoms with van der Waals surface area (Å²) in [5.74, 6) is -0.231. The van der Waals surface area contributed by atoms with Crippen LogP contribution in [0.1, 0.15) is 12.6 Å². The Morgan fingerprint density at radius 3 is 2.76 bits per heavy atom. The molecular weight excluding hydrogens is 216 g/mol. The molecule has 0 aliphatic carbocycles. The molecule has 4 heteroatoms. The minimum Gasteiger partial charge on any atom is -0.466 e. The minimum atomic E-state index is -0.231. The van der Waals surface area contributed by atoms with Crippen LogP contribution in [0.4, 0.5) is 0 Å². The van der Waals surface area contributed by atoms with Gasteiger partial charge >= 0.3 is 5.97 Å². The van der Waals surface area contributed by atoms with Crippen molar-refractivity contribution in [2.45, 2.75) is 13.3 Å². The van der Waals surface area contributed by atoms with Crippen molar-refractivity contribution in [3.8, 4) is 5.69 Å². The number of hydrogen-bond acceptors (Lipinski definition) is 3. The van der Waals surface area contributed by atoms with Crippen LogP contribution in [-0.4, -0.2) is 22.4 Å². The van der Waals surface area contributed by atoms with Crippen LogP contribution in [0.15, 0.2) is 42.6 Å². The molecule has 0 atom stereocenters. The van der Waals surface area contributed by atoms with Gasteiger partial charge in [0.15, 0.2) is 0 Å². The Bertz CT molecular complexity index is 491. The van der Waals surface area contributed by atoms with Crippen molar-refractivity contribution in [3.63, 3.8) is 0 Å². The molecule has 0 amide bonds. The summed E-state index contributed by atoms with van der Waals surface area (Å²) >= 11 is 0. The molecule has 88 valence electrons. The third kappa shape index (κ3) is 2.72. The van der Waals surface area contributed by atoms with E-state index >= 15 is 0 Å². The van der Waals surface area contributed by atoms with Crippen molar-refractivity contribution in [2.75, 3.05) is 6.61 Å². The quantitative estimate of drug-likeness (QED) is 0.754. The third-order valence-corrected chi connectivity index (χ3v) is 2.35. The van der Waals surface area contributed by atoms with E-state index < -0.39 is 0 Å². The van der Waals surface area contributed by atoms with E-state index in [0.717, 1.165) is 11.4 Å². The van der Waals surface area contributed by atoms with Crippen LogP contribution in [0.2, 0.25) is 0 Å². The van der Waals surface area contributed by atoms with Gasteiger partial charge in [-0.3, -0.25) is 4.79 Å². The van der Waals surface area contributed by atoms with Gasteiger partial charge in [-0.15, -0.1) is 0 Å². The van der Waals surface area contributed by atoms with E-state index in [2.05, 4.69) is 5.10 Å². The highest BCUT2D eigenvalue weighted by molar-refractivity contribution is 5.72. The van der Waals surface area contributed by atoms with E-state index in [-0.39, 0.29) is 12.4 Å². The lowest BCUT2D eigenvalue weighted by molar-refractivity contribution is -0.142. The molecule has 0 spiro atoms. The second-order valence-electron chi connectivity index (χ2n) is 3.55. The first kappa shape index (κ1) is 11.4. The summed E-state index contributed by atoms with van der Waals surface area (Å²) in [5.41, 5.74) is 1.77. The molecule has 0 radical (unpaired) electrons. The Kier molecular flexibility index (Phi) is 3.55.